The van der Waals surface area contributed by atoms with Crippen molar-refractivity contribution in [3.63, 3.8) is 0 Å². The Morgan fingerprint density at radius 3 is 2.53 bits per heavy atom. The highest BCUT2D eigenvalue weighted by molar-refractivity contribution is 5.30. The zero-order valence-corrected chi connectivity index (χ0v) is 12.1. The van der Waals surface area contributed by atoms with Crippen LogP contribution in [-0.2, 0) is 4.74 Å². The molecule has 2 nitrogen and oxygen atoms in total. The molecule has 3 rings (SSSR count). The van der Waals surface area contributed by atoms with Crippen LogP contribution < -0.4 is 5.32 Å². The highest BCUT2D eigenvalue weighted by atomic mass is 16.5. The Morgan fingerprint density at radius 2 is 2.00 bits per heavy atom. The van der Waals surface area contributed by atoms with Crippen LogP contribution in [0.15, 0.2) is 24.3 Å². The van der Waals surface area contributed by atoms with Crippen LogP contribution in [-0.4, -0.2) is 20.3 Å². The molecule has 19 heavy (non-hydrogen) atoms. The Kier molecular flexibility index (Phi) is 3.90. The van der Waals surface area contributed by atoms with Gasteiger partial charge in [-0.15, -0.1) is 0 Å². The normalized spacial score (nSPS) is 22.8. The van der Waals surface area contributed by atoms with E-state index in [9.17, 15) is 0 Å². The summed E-state index contributed by atoms with van der Waals surface area (Å²) in [6.07, 6.45) is 7.08. The lowest BCUT2D eigenvalue weighted by Gasteiger charge is -2.29. The molecule has 2 atom stereocenters. The third kappa shape index (κ3) is 2.70. The van der Waals surface area contributed by atoms with Crippen molar-refractivity contribution >= 4 is 0 Å². The van der Waals surface area contributed by atoms with Crippen molar-refractivity contribution in [2.45, 2.75) is 50.2 Å². The first-order chi connectivity index (χ1) is 9.33. The van der Waals surface area contributed by atoms with Gasteiger partial charge >= 0.3 is 0 Å². The average Bonchev–Trinajstić information content (AvgIpc) is 3.18. The first-order valence-corrected chi connectivity index (χ1v) is 7.63. The fourth-order valence-corrected chi connectivity index (χ4v) is 3.29. The summed E-state index contributed by atoms with van der Waals surface area (Å²) in [5.74, 6) is 1.55. The van der Waals surface area contributed by atoms with Crippen LogP contribution >= 0.6 is 0 Å². The van der Waals surface area contributed by atoms with Crippen LogP contribution in [0.4, 0.5) is 0 Å². The maximum absolute atomic E-state index is 5.76. The van der Waals surface area contributed by atoms with Gasteiger partial charge in [-0.05, 0) is 55.7 Å². The number of methoxy groups -OCH3 is 1. The molecule has 0 spiro atoms. The van der Waals surface area contributed by atoms with Gasteiger partial charge in [0.15, 0.2) is 0 Å². The molecule has 2 aliphatic rings. The quantitative estimate of drug-likeness (QED) is 0.842. The topological polar surface area (TPSA) is 21.3 Å². The summed E-state index contributed by atoms with van der Waals surface area (Å²) in [5, 5.41) is 3.47. The van der Waals surface area contributed by atoms with Crippen LogP contribution in [0, 0.1) is 5.92 Å². The van der Waals surface area contributed by atoms with Gasteiger partial charge < -0.3 is 10.1 Å². The molecular formula is C17H25NO. The lowest BCUT2D eigenvalue weighted by atomic mass is 9.79. The number of rotatable bonds is 6. The van der Waals surface area contributed by atoms with E-state index in [1.54, 1.807) is 0 Å². The summed E-state index contributed by atoms with van der Waals surface area (Å²) in [6.45, 7) is 0. The maximum atomic E-state index is 5.76. The molecule has 0 amide bonds. The number of benzene rings is 1. The van der Waals surface area contributed by atoms with E-state index in [2.05, 4.69) is 36.6 Å². The van der Waals surface area contributed by atoms with Crippen molar-refractivity contribution < 1.29 is 4.74 Å². The SMILES string of the molecule is CNC(c1cccc(C2CCC2)c1)C(OC)C1CC1. The van der Waals surface area contributed by atoms with Crippen LogP contribution in [0.3, 0.4) is 0 Å². The van der Waals surface area contributed by atoms with Gasteiger partial charge in [-0.3, -0.25) is 0 Å². The van der Waals surface area contributed by atoms with Gasteiger partial charge in [-0.25, -0.2) is 0 Å². The third-order valence-electron chi connectivity index (χ3n) is 4.84. The van der Waals surface area contributed by atoms with Crippen LogP contribution in [0.2, 0.25) is 0 Å². The minimum absolute atomic E-state index is 0.321. The molecule has 1 aromatic carbocycles. The molecular weight excluding hydrogens is 234 g/mol. The molecule has 2 fully saturated rings. The van der Waals surface area contributed by atoms with Crippen molar-refractivity contribution in [2.75, 3.05) is 14.2 Å². The molecule has 0 radical (unpaired) electrons. The first-order valence-electron chi connectivity index (χ1n) is 7.63. The Labute approximate surface area is 116 Å². The molecule has 0 aliphatic heterocycles. The zero-order valence-electron chi connectivity index (χ0n) is 12.1. The molecule has 2 aliphatic carbocycles. The van der Waals surface area contributed by atoms with Gasteiger partial charge in [0.05, 0.1) is 12.1 Å². The monoisotopic (exact) mass is 259 g/mol. The molecule has 2 unspecified atom stereocenters. The van der Waals surface area contributed by atoms with E-state index in [0.717, 1.165) is 11.8 Å². The summed E-state index contributed by atoms with van der Waals surface area (Å²) in [6, 6.07) is 9.49. The Morgan fingerprint density at radius 1 is 1.21 bits per heavy atom. The van der Waals surface area contributed by atoms with E-state index in [4.69, 9.17) is 4.74 Å². The van der Waals surface area contributed by atoms with Crippen molar-refractivity contribution in [1.82, 2.24) is 5.32 Å². The van der Waals surface area contributed by atoms with E-state index in [0.29, 0.717) is 12.1 Å². The van der Waals surface area contributed by atoms with E-state index in [1.807, 2.05) is 7.11 Å². The number of nitrogens with one attached hydrogen (secondary N) is 1. The molecule has 104 valence electrons. The molecule has 2 heteroatoms. The second-order valence-corrected chi connectivity index (χ2v) is 6.10. The lowest BCUT2D eigenvalue weighted by molar-refractivity contribution is 0.0530. The lowest BCUT2D eigenvalue weighted by Crippen LogP contribution is -2.32. The third-order valence-corrected chi connectivity index (χ3v) is 4.84. The van der Waals surface area contributed by atoms with Crippen LogP contribution in [0.1, 0.15) is 55.2 Å². The molecule has 0 heterocycles. The summed E-state index contributed by atoms with van der Waals surface area (Å²) in [5.41, 5.74) is 2.92. The van der Waals surface area contributed by atoms with E-state index < -0.39 is 0 Å². The minimum atomic E-state index is 0.321. The summed E-state index contributed by atoms with van der Waals surface area (Å²) in [7, 11) is 3.90. The van der Waals surface area contributed by atoms with E-state index in [-0.39, 0.29) is 0 Å². The number of hydrogen-bond acceptors (Lipinski definition) is 2. The number of likely N-dealkylation sites (N-methyl/N-ethyl adjacent to an activating group) is 1. The molecule has 1 N–H and O–H groups in total. The Hall–Kier alpha value is -0.860. The van der Waals surface area contributed by atoms with Crippen molar-refractivity contribution in [3.8, 4) is 0 Å². The van der Waals surface area contributed by atoms with Gasteiger partial charge in [0.25, 0.3) is 0 Å². The maximum Gasteiger partial charge on any atom is 0.0793 e. The van der Waals surface area contributed by atoms with Gasteiger partial charge in [0.1, 0.15) is 0 Å². The van der Waals surface area contributed by atoms with E-state index >= 15 is 0 Å². The number of hydrogen-bond donors (Lipinski definition) is 1. The van der Waals surface area contributed by atoms with Crippen LogP contribution in [0.5, 0.6) is 0 Å². The Bertz CT molecular complexity index is 423. The summed E-state index contributed by atoms with van der Waals surface area (Å²) >= 11 is 0. The minimum Gasteiger partial charge on any atom is -0.379 e. The van der Waals surface area contributed by atoms with Crippen molar-refractivity contribution in [3.05, 3.63) is 35.4 Å². The Balaban J connectivity index is 1.81. The molecule has 0 bridgehead atoms. The number of ether oxygens (including phenoxy) is 1. The highest BCUT2D eigenvalue weighted by Gasteiger charge is 2.37. The second-order valence-electron chi connectivity index (χ2n) is 6.10. The zero-order chi connectivity index (χ0) is 13.2. The largest absolute Gasteiger partial charge is 0.379 e. The fraction of sp³-hybridized carbons (Fsp3) is 0.647. The molecule has 0 saturated heterocycles. The molecule has 2 saturated carbocycles. The average molecular weight is 259 g/mol. The van der Waals surface area contributed by atoms with Crippen LogP contribution in [0.25, 0.3) is 0 Å². The summed E-state index contributed by atoms with van der Waals surface area (Å²) < 4.78 is 5.76. The molecule has 1 aromatic rings. The van der Waals surface area contributed by atoms with Gasteiger partial charge in [-0.1, -0.05) is 30.7 Å². The van der Waals surface area contributed by atoms with Crippen molar-refractivity contribution in [1.29, 1.82) is 0 Å². The van der Waals surface area contributed by atoms with Gasteiger partial charge in [-0.2, -0.15) is 0 Å². The standard InChI is InChI=1S/C17H25NO/c1-18-16(17(19-2)13-9-10-13)15-8-4-7-14(11-15)12-5-3-6-12/h4,7-8,11-13,16-18H,3,5-6,9-10H2,1-2H3. The first kappa shape index (κ1) is 13.1. The predicted molar refractivity (Wildman–Crippen MR) is 78.4 cm³/mol. The fourth-order valence-electron chi connectivity index (χ4n) is 3.29. The van der Waals surface area contributed by atoms with E-state index in [1.165, 1.54) is 43.2 Å². The molecule has 0 aromatic heterocycles. The smallest absolute Gasteiger partial charge is 0.0793 e. The van der Waals surface area contributed by atoms with Gasteiger partial charge in [0, 0.05) is 7.11 Å². The van der Waals surface area contributed by atoms with Gasteiger partial charge in [0.2, 0.25) is 0 Å². The summed E-state index contributed by atoms with van der Waals surface area (Å²) in [4.78, 5) is 0. The highest BCUT2D eigenvalue weighted by Crippen LogP contribution is 2.41. The predicted octanol–water partition coefficient (Wildman–Crippen LogP) is 3.64. The van der Waals surface area contributed by atoms with Crippen molar-refractivity contribution in [2.24, 2.45) is 5.92 Å². The second kappa shape index (κ2) is 5.64.